The summed E-state index contributed by atoms with van der Waals surface area (Å²) in [6, 6.07) is 0.117. The van der Waals surface area contributed by atoms with E-state index in [0.29, 0.717) is 6.54 Å². The summed E-state index contributed by atoms with van der Waals surface area (Å²) in [4.78, 5) is 31.5. The van der Waals surface area contributed by atoms with Crippen LogP contribution in [0.1, 0.15) is 20.3 Å². The number of aliphatic imine (C=N–C) groups is 1. The van der Waals surface area contributed by atoms with E-state index in [2.05, 4.69) is 34.5 Å². The molecule has 1 N–H and O–H groups in total. The summed E-state index contributed by atoms with van der Waals surface area (Å²) < 4.78 is 0. The average molecular weight is 342 g/mol. The van der Waals surface area contributed by atoms with E-state index in [4.69, 9.17) is 4.99 Å². The first-order valence-electron chi connectivity index (χ1n) is 8.91. The smallest absolute Gasteiger partial charge is 0.219 e. The van der Waals surface area contributed by atoms with Gasteiger partial charge in [-0.15, -0.1) is 0 Å². The van der Waals surface area contributed by atoms with Crippen molar-refractivity contribution in [2.24, 2.45) is 4.99 Å². The highest BCUT2D eigenvalue weighted by molar-refractivity contribution is 5.99. The first kappa shape index (κ1) is 17.6. The number of amides is 2. The zero-order chi connectivity index (χ0) is 17.8. The molecule has 3 rings (SSSR count). The maximum atomic E-state index is 11.4. The predicted octanol–water partition coefficient (Wildman–Crippen LogP) is 0.922. The Morgan fingerprint density at radius 2 is 2.00 bits per heavy atom. The first-order chi connectivity index (χ1) is 12.0. The molecule has 0 saturated carbocycles. The van der Waals surface area contributed by atoms with E-state index in [1.54, 1.807) is 6.92 Å². The number of nitrogens with one attached hydrogen (secondary N) is 1. The van der Waals surface area contributed by atoms with E-state index >= 15 is 0 Å². The summed E-state index contributed by atoms with van der Waals surface area (Å²) in [6.45, 7) is 8.12. The number of nitrogens with zero attached hydrogens (tertiary/aromatic N) is 3. The van der Waals surface area contributed by atoms with Gasteiger partial charge in [0.25, 0.3) is 0 Å². The Bertz CT molecular complexity index is 667. The van der Waals surface area contributed by atoms with Crippen LogP contribution in [0.5, 0.6) is 0 Å². The van der Waals surface area contributed by atoms with Gasteiger partial charge in [0.2, 0.25) is 11.8 Å². The molecule has 3 aliphatic rings. The lowest BCUT2D eigenvalue weighted by Crippen LogP contribution is -2.48. The fourth-order valence-corrected chi connectivity index (χ4v) is 3.46. The Kier molecular flexibility index (Phi) is 5.48. The highest BCUT2D eigenvalue weighted by Gasteiger charge is 2.26. The third-order valence-corrected chi connectivity index (χ3v) is 4.87. The summed E-state index contributed by atoms with van der Waals surface area (Å²) in [7, 11) is 0. The number of allylic oxidation sites excluding steroid dienone is 3. The minimum absolute atomic E-state index is 0.00569. The molecule has 1 unspecified atom stereocenters. The molecular formula is C19H26N4O2. The van der Waals surface area contributed by atoms with Crippen molar-refractivity contribution in [1.29, 1.82) is 0 Å². The SMILES string of the molecule is CC(=O)NCCC1=NC2C=CC=C(CN3CCN(C(C)=O)CC3)C2=C1. The van der Waals surface area contributed by atoms with E-state index < -0.39 is 0 Å². The predicted molar refractivity (Wildman–Crippen MR) is 98.5 cm³/mol. The van der Waals surface area contributed by atoms with Gasteiger partial charge in [0, 0.05) is 65.2 Å². The van der Waals surface area contributed by atoms with Crippen LogP contribution in [0, 0.1) is 0 Å². The van der Waals surface area contributed by atoms with Gasteiger partial charge >= 0.3 is 0 Å². The topological polar surface area (TPSA) is 65.0 Å². The molecule has 6 nitrogen and oxygen atoms in total. The highest BCUT2D eigenvalue weighted by atomic mass is 16.2. The molecule has 2 amide bonds. The van der Waals surface area contributed by atoms with Crippen molar-refractivity contribution in [3.8, 4) is 0 Å². The van der Waals surface area contributed by atoms with Gasteiger partial charge in [-0.05, 0) is 17.2 Å². The van der Waals surface area contributed by atoms with Crippen LogP contribution < -0.4 is 5.32 Å². The van der Waals surface area contributed by atoms with Crippen LogP contribution in [0.3, 0.4) is 0 Å². The van der Waals surface area contributed by atoms with Crippen LogP contribution in [0.15, 0.2) is 40.4 Å². The molecule has 6 heteroatoms. The number of rotatable bonds is 5. The number of carbonyl (C=O) groups is 2. The van der Waals surface area contributed by atoms with Gasteiger partial charge in [0.05, 0.1) is 6.04 Å². The Balaban J connectivity index is 1.56. The summed E-state index contributed by atoms with van der Waals surface area (Å²) in [5.74, 6) is 0.157. The minimum Gasteiger partial charge on any atom is -0.356 e. The fraction of sp³-hybridized carbons (Fsp3) is 0.526. The second-order valence-electron chi connectivity index (χ2n) is 6.76. The van der Waals surface area contributed by atoms with Crippen molar-refractivity contribution in [1.82, 2.24) is 15.1 Å². The summed E-state index contributed by atoms with van der Waals surface area (Å²) in [6.07, 6.45) is 9.31. The zero-order valence-corrected chi connectivity index (χ0v) is 15.0. The third-order valence-electron chi connectivity index (χ3n) is 4.87. The second kappa shape index (κ2) is 7.78. The van der Waals surface area contributed by atoms with Gasteiger partial charge in [-0.2, -0.15) is 0 Å². The molecule has 0 radical (unpaired) electrons. The molecule has 2 heterocycles. The monoisotopic (exact) mass is 342 g/mol. The standard InChI is InChI=1S/C19H26N4O2/c1-14(24)20-7-6-17-12-18-16(4-3-5-19(18)21-17)13-22-8-10-23(11-9-22)15(2)25/h3-5,12,19H,6-11,13H2,1-2H3,(H,20,24). The number of hydrogen-bond donors (Lipinski definition) is 1. The Morgan fingerprint density at radius 1 is 1.24 bits per heavy atom. The van der Waals surface area contributed by atoms with Crippen molar-refractivity contribution < 1.29 is 9.59 Å². The molecule has 0 aromatic rings. The molecule has 25 heavy (non-hydrogen) atoms. The van der Waals surface area contributed by atoms with E-state index in [1.165, 1.54) is 18.1 Å². The summed E-state index contributed by atoms with van der Waals surface area (Å²) in [5.41, 5.74) is 3.63. The van der Waals surface area contributed by atoms with E-state index in [-0.39, 0.29) is 17.9 Å². The quantitative estimate of drug-likeness (QED) is 0.808. The van der Waals surface area contributed by atoms with Crippen molar-refractivity contribution in [2.75, 3.05) is 39.3 Å². The van der Waals surface area contributed by atoms with Crippen LogP contribution in [0.4, 0.5) is 0 Å². The zero-order valence-electron chi connectivity index (χ0n) is 15.0. The van der Waals surface area contributed by atoms with Gasteiger partial charge in [0.15, 0.2) is 0 Å². The van der Waals surface area contributed by atoms with E-state index in [9.17, 15) is 9.59 Å². The third kappa shape index (κ3) is 4.45. The molecule has 2 aliphatic heterocycles. The minimum atomic E-state index is -0.00569. The number of hydrogen-bond acceptors (Lipinski definition) is 4. The lowest BCUT2D eigenvalue weighted by Gasteiger charge is -2.35. The Labute approximate surface area is 149 Å². The van der Waals surface area contributed by atoms with E-state index in [0.717, 1.165) is 44.9 Å². The normalized spacial score (nSPS) is 22.9. The van der Waals surface area contributed by atoms with Crippen LogP contribution in [0.2, 0.25) is 0 Å². The Morgan fingerprint density at radius 3 is 2.68 bits per heavy atom. The average Bonchev–Trinajstić information content (AvgIpc) is 2.99. The van der Waals surface area contributed by atoms with Crippen molar-refractivity contribution in [3.05, 3.63) is 35.5 Å². The maximum Gasteiger partial charge on any atom is 0.219 e. The van der Waals surface area contributed by atoms with Crippen molar-refractivity contribution >= 4 is 17.5 Å². The van der Waals surface area contributed by atoms with Crippen molar-refractivity contribution in [3.63, 3.8) is 0 Å². The van der Waals surface area contributed by atoms with Gasteiger partial charge in [-0.1, -0.05) is 18.2 Å². The second-order valence-corrected chi connectivity index (χ2v) is 6.76. The number of carbonyl (C=O) groups excluding carboxylic acids is 2. The maximum absolute atomic E-state index is 11.4. The van der Waals surface area contributed by atoms with Crippen LogP contribution >= 0.6 is 0 Å². The molecule has 0 aromatic heterocycles. The molecule has 1 atom stereocenters. The summed E-state index contributed by atoms with van der Waals surface area (Å²) >= 11 is 0. The first-order valence-corrected chi connectivity index (χ1v) is 8.91. The van der Waals surface area contributed by atoms with Crippen molar-refractivity contribution in [2.45, 2.75) is 26.3 Å². The number of fused-ring (bicyclic) bond motifs is 1. The van der Waals surface area contributed by atoms with Crippen LogP contribution in [-0.4, -0.2) is 72.6 Å². The molecule has 1 fully saturated rings. The van der Waals surface area contributed by atoms with Gasteiger partial charge in [0.1, 0.15) is 0 Å². The van der Waals surface area contributed by atoms with Gasteiger partial charge in [-0.3, -0.25) is 19.5 Å². The van der Waals surface area contributed by atoms with Crippen LogP contribution in [0.25, 0.3) is 0 Å². The van der Waals surface area contributed by atoms with E-state index in [1.807, 2.05) is 4.90 Å². The summed E-state index contributed by atoms with van der Waals surface area (Å²) in [5, 5.41) is 2.82. The Hall–Kier alpha value is -2.21. The lowest BCUT2D eigenvalue weighted by atomic mass is 9.94. The molecule has 1 saturated heterocycles. The number of piperazine rings is 1. The lowest BCUT2D eigenvalue weighted by molar-refractivity contribution is -0.130. The molecule has 0 bridgehead atoms. The van der Waals surface area contributed by atoms with Crippen LogP contribution in [-0.2, 0) is 9.59 Å². The molecule has 0 spiro atoms. The molecule has 134 valence electrons. The molecular weight excluding hydrogens is 316 g/mol. The largest absolute Gasteiger partial charge is 0.356 e. The highest BCUT2D eigenvalue weighted by Crippen LogP contribution is 2.28. The molecule has 0 aromatic carbocycles. The van der Waals surface area contributed by atoms with Gasteiger partial charge in [-0.25, -0.2) is 0 Å². The fourth-order valence-electron chi connectivity index (χ4n) is 3.46. The van der Waals surface area contributed by atoms with Gasteiger partial charge < -0.3 is 10.2 Å². The molecule has 1 aliphatic carbocycles.